The maximum atomic E-state index is 11.7. The largest absolute Gasteiger partial charge is 0.318 e. The zero-order chi connectivity index (χ0) is 16.7. The summed E-state index contributed by atoms with van der Waals surface area (Å²) in [4.78, 5) is 23.4. The first kappa shape index (κ1) is 15.6. The lowest BCUT2D eigenvalue weighted by molar-refractivity contribution is -0.115. The molecule has 2 aromatic rings. The molecule has 3 rings (SSSR count). The minimum absolute atomic E-state index is 0.316. The molecule has 0 spiro atoms. The van der Waals surface area contributed by atoms with E-state index >= 15 is 0 Å². The Kier molecular flexibility index (Phi) is 3.90. The first-order chi connectivity index (χ1) is 10.9. The summed E-state index contributed by atoms with van der Waals surface area (Å²) in [6, 6.07) is 8.40. The van der Waals surface area contributed by atoms with E-state index in [1.165, 1.54) is 11.1 Å². The first-order valence-corrected chi connectivity index (χ1v) is 8.20. The van der Waals surface area contributed by atoms with Crippen LogP contribution in [0.15, 0.2) is 29.2 Å². The number of carbonyl (C=O) groups is 2. The molecule has 2 amide bonds. The number of nitrogens with zero attached hydrogens (tertiary/aromatic N) is 1. The van der Waals surface area contributed by atoms with E-state index < -0.39 is 0 Å². The third-order valence-corrected chi connectivity index (χ3v) is 4.96. The van der Waals surface area contributed by atoms with E-state index in [2.05, 4.69) is 41.9 Å². The van der Waals surface area contributed by atoms with E-state index in [1.807, 2.05) is 19.9 Å². The smallest absolute Gasteiger partial charge is 0.290 e. The number of rotatable bonds is 2. The van der Waals surface area contributed by atoms with Crippen molar-refractivity contribution in [2.45, 2.75) is 27.7 Å². The number of thioether (sulfide) groups is 1. The summed E-state index contributed by atoms with van der Waals surface area (Å²) in [6.07, 6.45) is 1.78. The maximum absolute atomic E-state index is 11.7. The van der Waals surface area contributed by atoms with Crippen molar-refractivity contribution >= 4 is 29.0 Å². The molecule has 23 heavy (non-hydrogen) atoms. The fourth-order valence-corrected chi connectivity index (χ4v) is 3.43. The summed E-state index contributed by atoms with van der Waals surface area (Å²) in [5, 5.41) is 1.97. The van der Waals surface area contributed by atoms with Crippen LogP contribution in [0.2, 0.25) is 0 Å². The molecule has 1 aliphatic rings. The lowest BCUT2D eigenvalue weighted by atomic mass is 10.1. The van der Waals surface area contributed by atoms with Gasteiger partial charge in [-0.2, -0.15) is 0 Å². The van der Waals surface area contributed by atoms with Gasteiger partial charge in [0.2, 0.25) is 0 Å². The molecular formula is C18H18N2O2S. The second-order valence-corrected chi connectivity index (χ2v) is 6.80. The molecule has 0 radical (unpaired) electrons. The summed E-state index contributed by atoms with van der Waals surface area (Å²) in [5.74, 6) is -0.323. The van der Waals surface area contributed by atoms with Crippen molar-refractivity contribution in [2.75, 3.05) is 0 Å². The fraction of sp³-hybridized carbons (Fsp3) is 0.222. The van der Waals surface area contributed by atoms with Gasteiger partial charge in [0.15, 0.2) is 0 Å². The Bertz CT molecular complexity index is 862. The van der Waals surface area contributed by atoms with Crippen LogP contribution in [0.25, 0.3) is 11.8 Å². The van der Waals surface area contributed by atoms with Gasteiger partial charge >= 0.3 is 0 Å². The van der Waals surface area contributed by atoms with Gasteiger partial charge in [-0.1, -0.05) is 6.07 Å². The van der Waals surface area contributed by atoms with E-state index in [0.29, 0.717) is 4.91 Å². The van der Waals surface area contributed by atoms with Crippen LogP contribution in [0.3, 0.4) is 0 Å². The van der Waals surface area contributed by atoms with E-state index in [4.69, 9.17) is 0 Å². The summed E-state index contributed by atoms with van der Waals surface area (Å²) < 4.78 is 2.16. The Hall–Kier alpha value is -2.27. The topological polar surface area (TPSA) is 51.1 Å². The molecule has 0 saturated carbocycles. The van der Waals surface area contributed by atoms with Crippen LogP contribution in [0.1, 0.15) is 28.1 Å². The normalized spacial score (nSPS) is 16.3. The molecule has 0 bridgehead atoms. The number of aromatic nitrogens is 1. The van der Waals surface area contributed by atoms with Crippen LogP contribution < -0.4 is 5.32 Å². The van der Waals surface area contributed by atoms with Crippen molar-refractivity contribution < 1.29 is 9.59 Å². The number of benzene rings is 1. The number of amides is 2. The molecule has 1 aliphatic heterocycles. The van der Waals surface area contributed by atoms with Gasteiger partial charge in [-0.15, -0.1) is 0 Å². The van der Waals surface area contributed by atoms with Crippen molar-refractivity contribution in [3.63, 3.8) is 0 Å². The molecule has 4 nitrogen and oxygen atoms in total. The summed E-state index contributed by atoms with van der Waals surface area (Å²) in [7, 11) is 0. The highest BCUT2D eigenvalue weighted by Gasteiger charge is 2.25. The lowest BCUT2D eigenvalue weighted by Gasteiger charge is -2.11. The van der Waals surface area contributed by atoms with E-state index in [1.54, 1.807) is 6.08 Å². The first-order valence-electron chi connectivity index (χ1n) is 7.38. The van der Waals surface area contributed by atoms with Crippen LogP contribution in [0.4, 0.5) is 4.79 Å². The minimum atomic E-state index is -0.323. The second-order valence-electron chi connectivity index (χ2n) is 5.78. The second kappa shape index (κ2) is 5.74. The molecule has 0 unspecified atom stereocenters. The Morgan fingerprint density at radius 3 is 2.39 bits per heavy atom. The Labute approximate surface area is 139 Å². The van der Waals surface area contributed by atoms with Gasteiger partial charge in [0.05, 0.1) is 4.91 Å². The maximum Gasteiger partial charge on any atom is 0.290 e. The van der Waals surface area contributed by atoms with Gasteiger partial charge < -0.3 is 4.57 Å². The molecule has 1 aromatic heterocycles. The van der Waals surface area contributed by atoms with Gasteiger partial charge in [-0.25, -0.2) is 0 Å². The predicted molar refractivity (Wildman–Crippen MR) is 93.8 cm³/mol. The highest BCUT2D eigenvalue weighted by molar-refractivity contribution is 8.18. The standard InChI is InChI=1S/C18H18N2O2S/c1-10-5-6-15(7-11(10)2)20-12(3)8-14(13(20)4)9-16-17(21)19-18(22)23-16/h5-9H,1-4H3,(H,19,21,22). The summed E-state index contributed by atoms with van der Waals surface area (Å²) >= 11 is 0.945. The molecule has 5 heteroatoms. The zero-order valence-electron chi connectivity index (χ0n) is 13.6. The van der Waals surface area contributed by atoms with Gasteiger partial charge in [0.1, 0.15) is 0 Å². The highest BCUT2D eigenvalue weighted by Crippen LogP contribution is 2.29. The van der Waals surface area contributed by atoms with Crippen molar-refractivity contribution in [2.24, 2.45) is 0 Å². The van der Waals surface area contributed by atoms with Crippen LogP contribution in [0, 0.1) is 27.7 Å². The predicted octanol–water partition coefficient (Wildman–Crippen LogP) is 4.03. The van der Waals surface area contributed by atoms with Crippen molar-refractivity contribution in [1.29, 1.82) is 0 Å². The van der Waals surface area contributed by atoms with Crippen molar-refractivity contribution in [3.05, 3.63) is 57.2 Å². The van der Waals surface area contributed by atoms with Crippen LogP contribution in [-0.4, -0.2) is 15.7 Å². The molecule has 118 valence electrons. The van der Waals surface area contributed by atoms with Gasteiger partial charge in [-0.05, 0) is 80.4 Å². The lowest BCUT2D eigenvalue weighted by Crippen LogP contribution is -2.17. The van der Waals surface area contributed by atoms with E-state index in [9.17, 15) is 9.59 Å². The minimum Gasteiger partial charge on any atom is -0.318 e. The number of aryl methyl sites for hydroxylation is 3. The average molecular weight is 326 g/mol. The number of hydrogen-bond donors (Lipinski definition) is 1. The molecule has 1 saturated heterocycles. The van der Waals surface area contributed by atoms with Gasteiger partial charge in [0, 0.05) is 17.1 Å². The van der Waals surface area contributed by atoms with Crippen LogP contribution in [0.5, 0.6) is 0 Å². The third-order valence-electron chi connectivity index (χ3n) is 4.15. The Morgan fingerprint density at radius 1 is 1.04 bits per heavy atom. The number of imide groups is 1. The summed E-state index contributed by atoms with van der Waals surface area (Å²) in [6.45, 7) is 8.25. The summed E-state index contributed by atoms with van der Waals surface area (Å²) in [5.41, 5.74) is 6.70. The Morgan fingerprint density at radius 2 is 1.78 bits per heavy atom. The van der Waals surface area contributed by atoms with Crippen LogP contribution >= 0.6 is 11.8 Å². The zero-order valence-corrected chi connectivity index (χ0v) is 14.4. The molecule has 0 aliphatic carbocycles. The monoisotopic (exact) mass is 326 g/mol. The van der Waals surface area contributed by atoms with Gasteiger partial charge in [0.25, 0.3) is 11.1 Å². The molecular weight excluding hydrogens is 308 g/mol. The molecule has 0 atom stereocenters. The quantitative estimate of drug-likeness (QED) is 0.848. The highest BCUT2D eigenvalue weighted by atomic mass is 32.2. The van der Waals surface area contributed by atoms with E-state index in [0.717, 1.165) is 34.4 Å². The van der Waals surface area contributed by atoms with Crippen LogP contribution in [-0.2, 0) is 4.79 Å². The number of hydrogen-bond acceptors (Lipinski definition) is 3. The molecule has 1 fully saturated rings. The van der Waals surface area contributed by atoms with Crippen molar-refractivity contribution in [1.82, 2.24) is 9.88 Å². The molecule has 2 heterocycles. The third kappa shape index (κ3) is 2.84. The van der Waals surface area contributed by atoms with E-state index in [-0.39, 0.29) is 11.1 Å². The SMILES string of the molecule is Cc1ccc(-n2c(C)cc(C=C3SC(=O)NC3=O)c2C)cc1C. The Balaban J connectivity index is 2.06. The average Bonchev–Trinajstić information content (AvgIpc) is 2.93. The number of carbonyl (C=O) groups excluding carboxylic acids is 2. The fourth-order valence-electron chi connectivity index (χ4n) is 2.76. The van der Waals surface area contributed by atoms with Gasteiger partial charge in [-0.3, -0.25) is 14.9 Å². The molecule has 1 N–H and O–H groups in total. The molecule has 1 aromatic carbocycles. The number of nitrogens with one attached hydrogen (secondary N) is 1. The van der Waals surface area contributed by atoms with Crippen molar-refractivity contribution in [3.8, 4) is 5.69 Å².